The zero-order valence-electron chi connectivity index (χ0n) is 5.13. The van der Waals surface area contributed by atoms with Gasteiger partial charge in [0.25, 0.3) is 0 Å². The molecule has 56 valence electrons. The maximum absolute atomic E-state index is 8.61. The van der Waals surface area contributed by atoms with Crippen molar-refractivity contribution in [3.05, 3.63) is 0 Å². The topological polar surface area (TPSA) is 52.5 Å². The van der Waals surface area contributed by atoms with Crippen LogP contribution < -0.4 is 5.32 Å². The lowest BCUT2D eigenvalue weighted by atomic mass is 9.90. The monoisotopic (exact) mass is 153 g/mol. The summed E-state index contributed by atoms with van der Waals surface area (Å²) in [7, 11) is 0. The fourth-order valence-corrected chi connectivity index (χ4v) is 0.798. The van der Waals surface area contributed by atoms with Crippen LogP contribution in [0.4, 0.5) is 0 Å². The highest BCUT2D eigenvalue weighted by Crippen LogP contribution is 2.15. The Morgan fingerprint density at radius 2 is 1.78 bits per heavy atom. The predicted molar refractivity (Wildman–Crippen MR) is 36.8 cm³/mol. The number of aliphatic hydroxyl groups excluding tert-OH is 2. The summed E-state index contributed by atoms with van der Waals surface area (Å²) in [6.07, 6.45) is 0.889. The Hall–Kier alpha value is 0.170. The molecule has 0 radical (unpaired) electrons. The SMILES string of the molecule is Cl.OCC1(CO)CCN1. The Morgan fingerprint density at radius 3 is 1.78 bits per heavy atom. The summed E-state index contributed by atoms with van der Waals surface area (Å²) >= 11 is 0. The first kappa shape index (κ1) is 9.17. The molecule has 0 spiro atoms. The van der Waals surface area contributed by atoms with Crippen LogP contribution in [0.1, 0.15) is 6.42 Å². The van der Waals surface area contributed by atoms with Gasteiger partial charge in [-0.3, -0.25) is 0 Å². The molecule has 0 bridgehead atoms. The summed E-state index contributed by atoms with van der Waals surface area (Å²) in [6.45, 7) is 1.01. The van der Waals surface area contributed by atoms with E-state index in [-0.39, 0.29) is 31.2 Å². The summed E-state index contributed by atoms with van der Waals surface area (Å²) in [5.41, 5.74) is -0.333. The second-order valence-electron chi connectivity index (χ2n) is 2.27. The first-order valence-electron chi connectivity index (χ1n) is 2.80. The van der Waals surface area contributed by atoms with Crippen molar-refractivity contribution in [1.29, 1.82) is 0 Å². The normalized spacial score (nSPS) is 22.0. The lowest BCUT2D eigenvalue weighted by molar-refractivity contribution is 0.0428. The largest absolute Gasteiger partial charge is 0.394 e. The molecule has 1 heterocycles. The number of halogens is 1. The number of hydrogen-bond acceptors (Lipinski definition) is 3. The van der Waals surface area contributed by atoms with Crippen LogP contribution in [0.5, 0.6) is 0 Å². The van der Waals surface area contributed by atoms with Crippen molar-refractivity contribution >= 4 is 12.4 Å². The van der Waals surface area contributed by atoms with Crippen LogP contribution in [-0.2, 0) is 0 Å². The molecule has 4 heteroatoms. The van der Waals surface area contributed by atoms with Crippen LogP contribution in [0.15, 0.2) is 0 Å². The quantitative estimate of drug-likeness (QED) is 0.483. The Balaban J connectivity index is 0.000000640. The second kappa shape index (κ2) is 3.37. The van der Waals surface area contributed by atoms with Crippen LogP contribution in [0.3, 0.4) is 0 Å². The Bertz CT molecular complexity index is 71.5. The highest BCUT2D eigenvalue weighted by atomic mass is 35.5. The molecule has 1 rings (SSSR count). The second-order valence-corrected chi connectivity index (χ2v) is 2.27. The Kier molecular flexibility index (Phi) is 3.43. The first-order valence-corrected chi connectivity index (χ1v) is 2.80. The first-order chi connectivity index (χ1) is 3.83. The van der Waals surface area contributed by atoms with Gasteiger partial charge in [0, 0.05) is 0 Å². The fraction of sp³-hybridized carbons (Fsp3) is 1.00. The van der Waals surface area contributed by atoms with Crippen molar-refractivity contribution in [2.75, 3.05) is 19.8 Å². The van der Waals surface area contributed by atoms with E-state index in [0.29, 0.717) is 0 Å². The van der Waals surface area contributed by atoms with Gasteiger partial charge in [-0.25, -0.2) is 0 Å². The molecule has 0 amide bonds. The van der Waals surface area contributed by atoms with Gasteiger partial charge in [-0.1, -0.05) is 0 Å². The van der Waals surface area contributed by atoms with Gasteiger partial charge in [-0.2, -0.15) is 0 Å². The van der Waals surface area contributed by atoms with Crippen molar-refractivity contribution in [3.63, 3.8) is 0 Å². The number of aliphatic hydroxyl groups is 2. The molecular weight excluding hydrogens is 142 g/mol. The van der Waals surface area contributed by atoms with Gasteiger partial charge in [0.2, 0.25) is 0 Å². The van der Waals surface area contributed by atoms with E-state index in [1.54, 1.807) is 0 Å². The van der Waals surface area contributed by atoms with Gasteiger partial charge in [-0.05, 0) is 13.0 Å². The number of nitrogens with one attached hydrogen (secondary N) is 1. The average molecular weight is 154 g/mol. The van der Waals surface area contributed by atoms with E-state index >= 15 is 0 Å². The Labute approximate surface area is 60.5 Å². The van der Waals surface area contributed by atoms with E-state index in [1.165, 1.54) is 0 Å². The minimum absolute atomic E-state index is 0. The molecule has 1 aliphatic heterocycles. The smallest absolute Gasteiger partial charge is 0.0660 e. The van der Waals surface area contributed by atoms with Gasteiger partial charge in [0.05, 0.1) is 18.8 Å². The molecule has 0 saturated carbocycles. The van der Waals surface area contributed by atoms with Crippen molar-refractivity contribution in [2.24, 2.45) is 0 Å². The molecule has 0 unspecified atom stereocenters. The average Bonchev–Trinajstić information content (AvgIpc) is 1.67. The van der Waals surface area contributed by atoms with Gasteiger partial charge in [0.15, 0.2) is 0 Å². The van der Waals surface area contributed by atoms with Crippen molar-refractivity contribution in [1.82, 2.24) is 5.32 Å². The summed E-state index contributed by atoms with van der Waals surface area (Å²) in [5, 5.41) is 20.2. The Morgan fingerprint density at radius 1 is 1.33 bits per heavy atom. The maximum Gasteiger partial charge on any atom is 0.0660 e. The predicted octanol–water partition coefficient (Wildman–Crippen LogP) is -0.875. The molecule has 0 aromatic heterocycles. The highest BCUT2D eigenvalue weighted by Gasteiger charge is 2.34. The third kappa shape index (κ3) is 1.55. The van der Waals surface area contributed by atoms with Crippen LogP contribution in [0.2, 0.25) is 0 Å². The van der Waals surface area contributed by atoms with E-state index in [9.17, 15) is 0 Å². The third-order valence-electron chi connectivity index (χ3n) is 1.71. The van der Waals surface area contributed by atoms with Crippen LogP contribution >= 0.6 is 12.4 Å². The molecule has 0 atom stereocenters. The zero-order valence-corrected chi connectivity index (χ0v) is 5.95. The van der Waals surface area contributed by atoms with E-state index in [4.69, 9.17) is 10.2 Å². The molecule has 0 aromatic rings. The highest BCUT2D eigenvalue weighted by molar-refractivity contribution is 5.85. The minimum atomic E-state index is -0.333. The van der Waals surface area contributed by atoms with Gasteiger partial charge in [-0.15, -0.1) is 12.4 Å². The molecule has 0 aliphatic carbocycles. The van der Waals surface area contributed by atoms with E-state index < -0.39 is 0 Å². The van der Waals surface area contributed by atoms with Gasteiger partial charge >= 0.3 is 0 Å². The lowest BCUT2D eigenvalue weighted by Crippen LogP contribution is -2.61. The number of hydrogen-bond donors (Lipinski definition) is 3. The molecule has 1 fully saturated rings. The summed E-state index contributed by atoms with van der Waals surface area (Å²) in [6, 6.07) is 0. The zero-order chi connectivity index (χ0) is 6.04. The van der Waals surface area contributed by atoms with Gasteiger partial charge < -0.3 is 15.5 Å². The molecule has 9 heavy (non-hydrogen) atoms. The molecular formula is C5H12ClNO2. The third-order valence-corrected chi connectivity index (χ3v) is 1.71. The summed E-state index contributed by atoms with van der Waals surface area (Å²) < 4.78 is 0. The standard InChI is InChI=1S/C5H11NO2.ClH/c7-3-5(4-8)1-2-6-5;/h6-8H,1-4H2;1H. The van der Waals surface area contributed by atoms with Crippen LogP contribution in [-0.4, -0.2) is 35.5 Å². The van der Waals surface area contributed by atoms with Gasteiger partial charge in [0.1, 0.15) is 0 Å². The van der Waals surface area contributed by atoms with E-state index in [0.717, 1.165) is 13.0 Å². The maximum atomic E-state index is 8.61. The molecule has 3 N–H and O–H groups in total. The molecule has 0 aromatic carbocycles. The summed E-state index contributed by atoms with van der Waals surface area (Å²) in [5.74, 6) is 0. The molecule has 3 nitrogen and oxygen atoms in total. The van der Waals surface area contributed by atoms with E-state index in [1.807, 2.05) is 0 Å². The minimum Gasteiger partial charge on any atom is -0.394 e. The molecule has 1 saturated heterocycles. The van der Waals surface area contributed by atoms with Crippen molar-refractivity contribution < 1.29 is 10.2 Å². The van der Waals surface area contributed by atoms with Crippen molar-refractivity contribution in [3.8, 4) is 0 Å². The lowest BCUT2D eigenvalue weighted by Gasteiger charge is -2.39. The number of rotatable bonds is 2. The fourth-order valence-electron chi connectivity index (χ4n) is 0.798. The van der Waals surface area contributed by atoms with Crippen LogP contribution in [0.25, 0.3) is 0 Å². The van der Waals surface area contributed by atoms with E-state index in [2.05, 4.69) is 5.32 Å². The van der Waals surface area contributed by atoms with Crippen LogP contribution in [0, 0.1) is 0 Å². The summed E-state index contributed by atoms with van der Waals surface area (Å²) in [4.78, 5) is 0. The molecule has 1 aliphatic rings. The van der Waals surface area contributed by atoms with Crippen molar-refractivity contribution in [2.45, 2.75) is 12.0 Å².